The van der Waals surface area contributed by atoms with E-state index in [1.807, 2.05) is 0 Å². The van der Waals surface area contributed by atoms with E-state index >= 15 is 0 Å². The van der Waals surface area contributed by atoms with Gasteiger partial charge in [0.1, 0.15) is 0 Å². The lowest BCUT2D eigenvalue weighted by molar-refractivity contribution is -0.139. The molecule has 1 aliphatic rings. The normalized spacial score (nSPS) is 29.9. The van der Waals surface area contributed by atoms with Crippen LogP contribution in [0, 0.1) is 17.3 Å². The summed E-state index contributed by atoms with van der Waals surface area (Å²) in [5.74, 6) is 1.09. The first kappa shape index (κ1) is 14.5. The monoisotopic (exact) mass is 242 g/mol. The number of amides is 1. The average molecular weight is 242 g/mol. The molecule has 1 amide bonds. The number of methoxy groups -OCH3 is 1. The molecule has 0 saturated heterocycles. The van der Waals surface area contributed by atoms with Crippen molar-refractivity contribution >= 4 is 5.91 Å². The molecule has 17 heavy (non-hydrogen) atoms. The van der Waals surface area contributed by atoms with Gasteiger partial charge in [0, 0.05) is 13.7 Å². The number of carbonyl (C=O) groups excluding carboxylic acids is 1. The first-order valence-corrected chi connectivity index (χ1v) is 6.45. The highest BCUT2D eigenvalue weighted by Gasteiger charge is 2.47. The van der Waals surface area contributed by atoms with Crippen LogP contribution in [-0.4, -0.2) is 32.2 Å². The van der Waals surface area contributed by atoms with Crippen LogP contribution in [0.5, 0.6) is 0 Å². The zero-order chi connectivity index (χ0) is 13.1. The summed E-state index contributed by atoms with van der Waals surface area (Å²) in [6.45, 7) is 7.34. The number of hydrogen-bond acceptors (Lipinski definition) is 3. The minimum Gasteiger partial charge on any atom is -0.383 e. The van der Waals surface area contributed by atoms with E-state index in [1.54, 1.807) is 7.11 Å². The molecule has 1 rings (SSSR count). The van der Waals surface area contributed by atoms with Crippen molar-refractivity contribution in [3.8, 4) is 0 Å². The molecule has 1 fully saturated rings. The maximum atomic E-state index is 12.3. The third-order valence-electron chi connectivity index (χ3n) is 3.82. The summed E-state index contributed by atoms with van der Waals surface area (Å²) in [5.41, 5.74) is 5.45. The van der Waals surface area contributed by atoms with Crippen LogP contribution in [0.3, 0.4) is 0 Å². The smallest absolute Gasteiger partial charge is 0.227 e. The summed E-state index contributed by atoms with van der Waals surface area (Å²) in [6, 6.07) is 0.0758. The molecular formula is C13H26N2O2. The molecule has 0 spiro atoms. The largest absolute Gasteiger partial charge is 0.383 e. The molecule has 3 N–H and O–H groups in total. The number of carbonyl (C=O) groups is 1. The molecule has 0 aliphatic heterocycles. The van der Waals surface area contributed by atoms with Gasteiger partial charge in [0.2, 0.25) is 5.91 Å². The third-order valence-corrected chi connectivity index (χ3v) is 3.82. The van der Waals surface area contributed by atoms with Gasteiger partial charge in [-0.15, -0.1) is 0 Å². The van der Waals surface area contributed by atoms with Crippen LogP contribution in [0.25, 0.3) is 0 Å². The van der Waals surface area contributed by atoms with Gasteiger partial charge in [0.05, 0.1) is 18.1 Å². The van der Waals surface area contributed by atoms with Gasteiger partial charge < -0.3 is 15.8 Å². The molecule has 1 atom stereocenters. The highest BCUT2D eigenvalue weighted by atomic mass is 16.5. The second-order valence-electron chi connectivity index (χ2n) is 5.78. The molecule has 1 aliphatic carbocycles. The van der Waals surface area contributed by atoms with Gasteiger partial charge in [0.15, 0.2) is 0 Å². The molecule has 0 heterocycles. The number of nitrogens with two attached hydrogens (primary N) is 1. The molecule has 0 aromatic carbocycles. The third kappa shape index (κ3) is 3.19. The Bertz CT molecular complexity index is 260. The summed E-state index contributed by atoms with van der Waals surface area (Å²) < 4.78 is 5.14. The summed E-state index contributed by atoms with van der Waals surface area (Å²) in [7, 11) is 1.66. The van der Waals surface area contributed by atoms with E-state index in [1.165, 1.54) is 0 Å². The second-order valence-corrected chi connectivity index (χ2v) is 5.78. The van der Waals surface area contributed by atoms with E-state index in [9.17, 15) is 4.79 Å². The molecule has 100 valence electrons. The average Bonchev–Trinajstić information content (AvgIpc) is 2.23. The fraction of sp³-hybridized carbons (Fsp3) is 0.923. The maximum Gasteiger partial charge on any atom is 0.227 e. The quantitative estimate of drug-likeness (QED) is 0.734. The number of rotatable bonds is 6. The maximum absolute atomic E-state index is 12.3. The van der Waals surface area contributed by atoms with Crippen LogP contribution in [0.15, 0.2) is 0 Å². The molecule has 0 aromatic heterocycles. The van der Waals surface area contributed by atoms with E-state index in [0.29, 0.717) is 25.0 Å². The van der Waals surface area contributed by atoms with Gasteiger partial charge in [0.25, 0.3) is 0 Å². The van der Waals surface area contributed by atoms with Crippen LogP contribution in [0.4, 0.5) is 0 Å². The molecule has 1 saturated carbocycles. The zero-order valence-electron chi connectivity index (χ0n) is 11.5. The lowest BCUT2D eigenvalue weighted by Gasteiger charge is -2.45. The van der Waals surface area contributed by atoms with E-state index in [4.69, 9.17) is 10.5 Å². The zero-order valence-corrected chi connectivity index (χ0v) is 11.5. The molecule has 1 unspecified atom stereocenters. The Morgan fingerprint density at radius 2 is 2.12 bits per heavy atom. The highest BCUT2D eigenvalue weighted by Crippen LogP contribution is 2.44. The first-order valence-electron chi connectivity index (χ1n) is 6.45. The Kier molecular flexibility index (Phi) is 4.95. The van der Waals surface area contributed by atoms with Crippen molar-refractivity contribution in [3.05, 3.63) is 0 Å². The van der Waals surface area contributed by atoms with Crippen molar-refractivity contribution in [1.29, 1.82) is 0 Å². The summed E-state index contributed by atoms with van der Waals surface area (Å²) in [4.78, 5) is 12.3. The molecule has 4 heteroatoms. The predicted molar refractivity (Wildman–Crippen MR) is 68.5 cm³/mol. The molecule has 0 radical (unpaired) electrons. The van der Waals surface area contributed by atoms with Gasteiger partial charge in [-0.25, -0.2) is 0 Å². The lowest BCUT2D eigenvalue weighted by Crippen LogP contribution is -2.56. The minimum absolute atomic E-state index is 0.0758. The van der Waals surface area contributed by atoms with Gasteiger partial charge in [-0.2, -0.15) is 0 Å². The van der Waals surface area contributed by atoms with Gasteiger partial charge in [-0.05, 0) is 24.7 Å². The number of ether oxygens (including phenoxy) is 1. The van der Waals surface area contributed by atoms with Crippen molar-refractivity contribution in [1.82, 2.24) is 5.32 Å². The first-order chi connectivity index (χ1) is 7.95. The Hall–Kier alpha value is -0.610. The van der Waals surface area contributed by atoms with Crippen molar-refractivity contribution in [2.45, 2.75) is 39.7 Å². The van der Waals surface area contributed by atoms with Crippen LogP contribution >= 0.6 is 0 Å². The molecule has 0 aromatic rings. The Morgan fingerprint density at radius 3 is 2.47 bits per heavy atom. The lowest BCUT2D eigenvalue weighted by atomic mass is 9.62. The van der Waals surface area contributed by atoms with Crippen molar-refractivity contribution < 1.29 is 9.53 Å². The number of hydrogen-bond donors (Lipinski definition) is 2. The van der Waals surface area contributed by atoms with Crippen LogP contribution in [0.2, 0.25) is 0 Å². The fourth-order valence-electron chi connectivity index (χ4n) is 2.62. The highest BCUT2D eigenvalue weighted by molar-refractivity contribution is 5.84. The number of nitrogens with one attached hydrogen (secondary N) is 1. The summed E-state index contributed by atoms with van der Waals surface area (Å²) >= 11 is 0. The topological polar surface area (TPSA) is 64.3 Å². The molecular weight excluding hydrogens is 216 g/mol. The standard InChI is InChI=1S/C13H26N2O2/c1-9(2)11(7-17-4)15-12(16)13(8-14)5-10(3)6-13/h9-11H,5-8,14H2,1-4H3,(H,15,16). The van der Waals surface area contributed by atoms with Crippen LogP contribution < -0.4 is 11.1 Å². The Morgan fingerprint density at radius 1 is 1.53 bits per heavy atom. The Labute approximate surface area is 104 Å². The van der Waals surface area contributed by atoms with Gasteiger partial charge in [-0.1, -0.05) is 20.8 Å². The summed E-state index contributed by atoms with van der Waals surface area (Å²) in [6.07, 6.45) is 1.82. The SMILES string of the molecule is COCC(NC(=O)C1(CN)CC(C)C1)C(C)C. The second kappa shape index (κ2) is 5.83. The molecule has 0 bridgehead atoms. The van der Waals surface area contributed by atoms with E-state index in [0.717, 1.165) is 12.8 Å². The van der Waals surface area contributed by atoms with Gasteiger partial charge >= 0.3 is 0 Å². The van der Waals surface area contributed by atoms with Crippen LogP contribution in [0.1, 0.15) is 33.6 Å². The van der Waals surface area contributed by atoms with E-state index in [-0.39, 0.29) is 17.4 Å². The van der Waals surface area contributed by atoms with E-state index < -0.39 is 0 Å². The van der Waals surface area contributed by atoms with Crippen molar-refractivity contribution in [3.63, 3.8) is 0 Å². The van der Waals surface area contributed by atoms with Crippen LogP contribution in [-0.2, 0) is 9.53 Å². The Balaban J connectivity index is 2.57. The van der Waals surface area contributed by atoms with Crippen molar-refractivity contribution in [2.24, 2.45) is 23.0 Å². The van der Waals surface area contributed by atoms with E-state index in [2.05, 4.69) is 26.1 Å². The van der Waals surface area contributed by atoms with Crippen molar-refractivity contribution in [2.75, 3.05) is 20.3 Å². The summed E-state index contributed by atoms with van der Waals surface area (Å²) in [5, 5.41) is 3.09. The predicted octanol–water partition coefficient (Wildman–Crippen LogP) is 1.15. The van der Waals surface area contributed by atoms with Gasteiger partial charge in [-0.3, -0.25) is 4.79 Å². The molecule has 4 nitrogen and oxygen atoms in total. The minimum atomic E-state index is -0.319. The fourth-order valence-corrected chi connectivity index (χ4v) is 2.62.